The van der Waals surface area contributed by atoms with E-state index in [4.69, 9.17) is 9.47 Å². The van der Waals surface area contributed by atoms with Crippen molar-refractivity contribution in [3.8, 4) is 11.5 Å². The highest BCUT2D eigenvalue weighted by molar-refractivity contribution is 5.77. The molecule has 2 aromatic carbocycles. The van der Waals surface area contributed by atoms with Crippen LogP contribution in [-0.2, 0) is 25.0 Å². The van der Waals surface area contributed by atoms with Gasteiger partial charge in [-0.15, -0.1) is 0 Å². The van der Waals surface area contributed by atoms with Gasteiger partial charge >= 0.3 is 0 Å². The first kappa shape index (κ1) is 23.0. The van der Waals surface area contributed by atoms with Crippen LogP contribution in [0.1, 0.15) is 18.4 Å². The van der Waals surface area contributed by atoms with Crippen molar-refractivity contribution in [1.29, 1.82) is 0 Å². The monoisotopic (exact) mass is 461 g/mol. The first-order valence-electron chi connectivity index (χ1n) is 11.1. The van der Waals surface area contributed by atoms with Gasteiger partial charge in [0.15, 0.2) is 5.65 Å². The number of carbonyl (C=O) groups is 1. The predicted molar refractivity (Wildman–Crippen MR) is 128 cm³/mol. The zero-order valence-corrected chi connectivity index (χ0v) is 19.0. The van der Waals surface area contributed by atoms with Crippen molar-refractivity contribution in [3.63, 3.8) is 0 Å². The second-order valence-corrected chi connectivity index (χ2v) is 7.83. The Morgan fingerprint density at radius 3 is 2.50 bits per heavy atom. The van der Waals surface area contributed by atoms with Crippen LogP contribution in [0.2, 0.25) is 0 Å². The predicted octanol–water partition coefficient (Wildman–Crippen LogP) is 2.68. The Balaban J connectivity index is 1.12. The fraction of sp³-hybridized carbons (Fsp3) is 0.280. The van der Waals surface area contributed by atoms with E-state index in [1.165, 1.54) is 21.8 Å². The summed E-state index contributed by atoms with van der Waals surface area (Å²) in [6, 6.07) is 17.5. The van der Waals surface area contributed by atoms with E-state index in [0.29, 0.717) is 30.8 Å². The maximum atomic E-state index is 12.4. The molecule has 0 fully saturated rings. The van der Waals surface area contributed by atoms with Crippen LogP contribution in [0.25, 0.3) is 11.0 Å². The van der Waals surface area contributed by atoms with Crippen LogP contribution < -0.4 is 20.3 Å². The van der Waals surface area contributed by atoms with Crippen LogP contribution in [0.15, 0.2) is 71.9 Å². The molecule has 0 saturated carbocycles. The van der Waals surface area contributed by atoms with Gasteiger partial charge in [-0.3, -0.25) is 18.8 Å². The zero-order valence-electron chi connectivity index (χ0n) is 19.0. The molecule has 0 aliphatic heterocycles. The number of fused-ring (bicyclic) bond motifs is 1. The van der Waals surface area contributed by atoms with Crippen molar-refractivity contribution >= 4 is 16.9 Å². The Labute approximate surface area is 197 Å². The van der Waals surface area contributed by atoms with E-state index >= 15 is 0 Å². The number of hydrogen-bond donors (Lipinski definition) is 1. The molecule has 1 amide bonds. The molecule has 176 valence electrons. The Morgan fingerprint density at radius 2 is 1.74 bits per heavy atom. The summed E-state index contributed by atoms with van der Waals surface area (Å²) in [5.74, 6) is 1.32. The Bertz CT molecular complexity index is 1280. The molecule has 0 radical (unpaired) electrons. The number of nitrogens with zero attached hydrogens (tertiary/aromatic N) is 4. The van der Waals surface area contributed by atoms with Gasteiger partial charge in [-0.1, -0.05) is 30.3 Å². The number of unbranched alkanes of at least 4 members (excludes halogenated alkanes) is 1. The van der Waals surface area contributed by atoms with E-state index in [1.54, 1.807) is 7.05 Å². The number of rotatable bonds is 11. The highest BCUT2D eigenvalue weighted by Gasteiger charge is 2.10. The lowest BCUT2D eigenvalue weighted by Crippen LogP contribution is -2.33. The summed E-state index contributed by atoms with van der Waals surface area (Å²) in [5, 5.41) is 7.24. The molecular weight excluding hydrogens is 434 g/mol. The molecule has 0 atom stereocenters. The highest BCUT2D eigenvalue weighted by atomic mass is 16.5. The SMILES string of the molecule is Cn1ncc2c(=O)n(CC(=O)NCCCCOc3ccc(OCc4ccccc4)cc3)cnc21. The van der Waals surface area contributed by atoms with Gasteiger partial charge in [-0.2, -0.15) is 5.10 Å². The summed E-state index contributed by atoms with van der Waals surface area (Å²) < 4.78 is 14.3. The third kappa shape index (κ3) is 6.00. The quantitative estimate of drug-likeness (QED) is 0.345. The summed E-state index contributed by atoms with van der Waals surface area (Å²) >= 11 is 0. The molecule has 2 aromatic heterocycles. The topological polar surface area (TPSA) is 100 Å². The lowest BCUT2D eigenvalue weighted by atomic mass is 10.2. The largest absolute Gasteiger partial charge is 0.494 e. The number of aromatic nitrogens is 4. The summed E-state index contributed by atoms with van der Waals surface area (Å²) in [5.41, 5.74) is 1.34. The molecule has 0 unspecified atom stereocenters. The van der Waals surface area contributed by atoms with Gasteiger partial charge in [0.1, 0.15) is 36.4 Å². The Kier molecular flexibility index (Phi) is 7.54. The maximum Gasteiger partial charge on any atom is 0.264 e. The average molecular weight is 462 g/mol. The summed E-state index contributed by atoms with van der Waals surface area (Å²) in [4.78, 5) is 28.8. The average Bonchev–Trinajstić information content (AvgIpc) is 3.24. The van der Waals surface area contributed by atoms with Crippen molar-refractivity contribution in [3.05, 3.63) is 83.0 Å². The van der Waals surface area contributed by atoms with Gasteiger partial charge in [-0.05, 0) is 42.7 Å². The van der Waals surface area contributed by atoms with E-state index < -0.39 is 0 Å². The number of aryl methyl sites for hydroxylation is 1. The molecule has 1 N–H and O–H groups in total. The molecule has 4 rings (SSSR count). The number of nitrogens with one attached hydrogen (secondary N) is 1. The zero-order chi connectivity index (χ0) is 23.8. The van der Waals surface area contributed by atoms with Crippen LogP contribution in [0.4, 0.5) is 0 Å². The molecule has 0 aliphatic rings. The smallest absolute Gasteiger partial charge is 0.264 e. The number of benzene rings is 2. The van der Waals surface area contributed by atoms with E-state index in [9.17, 15) is 9.59 Å². The minimum absolute atomic E-state index is 0.0775. The van der Waals surface area contributed by atoms with Crippen molar-refractivity contribution in [2.75, 3.05) is 13.2 Å². The lowest BCUT2D eigenvalue weighted by molar-refractivity contribution is -0.121. The molecule has 4 aromatic rings. The molecular formula is C25H27N5O4. The fourth-order valence-corrected chi connectivity index (χ4v) is 3.41. The van der Waals surface area contributed by atoms with Crippen LogP contribution in [0.5, 0.6) is 11.5 Å². The molecule has 34 heavy (non-hydrogen) atoms. The van der Waals surface area contributed by atoms with Gasteiger partial charge in [0.2, 0.25) is 5.91 Å². The number of hydrogen-bond acceptors (Lipinski definition) is 6. The minimum Gasteiger partial charge on any atom is -0.494 e. The number of amides is 1. The van der Waals surface area contributed by atoms with E-state index in [1.807, 2.05) is 54.6 Å². The van der Waals surface area contributed by atoms with Crippen molar-refractivity contribution in [2.45, 2.75) is 26.0 Å². The van der Waals surface area contributed by atoms with Crippen molar-refractivity contribution < 1.29 is 14.3 Å². The molecule has 9 heteroatoms. The van der Waals surface area contributed by atoms with E-state index in [-0.39, 0.29) is 18.0 Å². The molecule has 0 bridgehead atoms. The second kappa shape index (κ2) is 11.1. The highest BCUT2D eigenvalue weighted by Crippen LogP contribution is 2.19. The molecule has 0 spiro atoms. The minimum atomic E-state index is -0.280. The first-order chi connectivity index (χ1) is 16.6. The maximum absolute atomic E-state index is 12.4. The van der Waals surface area contributed by atoms with Gasteiger partial charge in [0, 0.05) is 13.6 Å². The summed E-state index contributed by atoms with van der Waals surface area (Å²) in [7, 11) is 1.71. The van der Waals surface area contributed by atoms with E-state index in [2.05, 4.69) is 15.4 Å². The number of ether oxygens (including phenoxy) is 2. The van der Waals surface area contributed by atoms with Gasteiger partial charge in [0.25, 0.3) is 5.56 Å². The lowest BCUT2D eigenvalue weighted by Gasteiger charge is -2.10. The first-order valence-corrected chi connectivity index (χ1v) is 11.1. The normalized spacial score (nSPS) is 10.9. The molecule has 9 nitrogen and oxygen atoms in total. The molecule has 2 heterocycles. The Hall–Kier alpha value is -4.14. The van der Waals surface area contributed by atoms with Crippen LogP contribution in [-0.4, -0.2) is 38.4 Å². The summed E-state index contributed by atoms with van der Waals surface area (Å²) in [6.45, 7) is 1.49. The summed E-state index contributed by atoms with van der Waals surface area (Å²) in [6.07, 6.45) is 4.39. The van der Waals surface area contributed by atoms with Gasteiger partial charge in [0.05, 0.1) is 12.8 Å². The molecule has 0 saturated heterocycles. The third-order valence-electron chi connectivity index (χ3n) is 5.27. The van der Waals surface area contributed by atoms with E-state index in [0.717, 1.165) is 29.9 Å². The number of carbonyl (C=O) groups excluding carboxylic acids is 1. The third-order valence-corrected chi connectivity index (χ3v) is 5.27. The van der Waals surface area contributed by atoms with Crippen molar-refractivity contribution in [1.82, 2.24) is 24.6 Å². The second-order valence-electron chi connectivity index (χ2n) is 7.83. The molecule has 0 aliphatic carbocycles. The van der Waals surface area contributed by atoms with Gasteiger partial charge < -0.3 is 14.8 Å². The Morgan fingerprint density at radius 1 is 1.00 bits per heavy atom. The standard InChI is InChI=1S/C25H27N5O4/c1-29-24-22(15-28-29)25(32)30(18-27-24)16-23(31)26-13-5-6-14-33-20-9-11-21(12-10-20)34-17-19-7-3-2-4-8-19/h2-4,7-12,15,18H,5-6,13-14,16-17H2,1H3,(H,26,31). The van der Waals surface area contributed by atoms with Crippen LogP contribution >= 0.6 is 0 Å². The fourth-order valence-electron chi connectivity index (χ4n) is 3.41. The van der Waals surface area contributed by atoms with Crippen LogP contribution in [0, 0.1) is 0 Å². The van der Waals surface area contributed by atoms with Gasteiger partial charge in [-0.25, -0.2) is 4.98 Å². The van der Waals surface area contributed by atoms with Crippen molar-refractivity contribution in [2.24, 2.45) is 7.05 Å². The van der Waals surface area contributed by atoms with Crippen LogP contribution in [0.3, 0.4) is 0 Å².